The molecule has 0 saturated heterocycles. The smallest absolute Gasteiger partial charge is 0.328 e. The van der Waals surface area contributed by atoms with Gasteiger partial charge < -0.3 is 10.6 Å². The van der Waals surface area contributed by atoms with Crippen LogP contribution in [0, 0.1) is 0 Å². The number of fused-ring (bicyclic) bond motifs is 1. The van der Waals surface area contributed by atoms with Gasteiger partial charge in [-0.25, -0.2) is 4.79 Å². The summed E-state index contributed by atoms with van der Waals surface area (Å²) in [5.41, 5.74) is 7.88. The van der Waals surface area contributed by atoms with Crippen molar-refractivity contribution in [3.63, 3.8) is 0 Å². The van der Waals surface area contributed by atoms with E-state index in [1.54, 1.807) is 31.1 Å². The summed E-state index contributed by atoms with van der Waals surface area (Å²) >= 11 is 3.46. The van der Waals surface area contributed by atoms with Crippen LogP contribution in [0.1, 0.15) is 22.3 Å². The van der Waals surface area contributed by atoms with Crippen molar-refractivity contribution in [2.45, 2.75) is 13.0 Å². The summed E-state index contributed by atoms with van der Waals surface area (Å²) in [6.07, 6.45) is 0.0717. The summed E-state index contributed by atoms with van der Waals surface area (Å²) in [5.74, 6) is -0.707. The molecule has 0 atom stereocenters. The number of benzene rings is 2. The van der Waals surface area contributed by atoms with Gasteiger partial charge in [0.05, 0.1) is 16.6 Å². The van der Waals surface area contributed by atoms with E-state index in [4.69, 9.17) is 5.73 Å². The van der Waals surface area contributed by atoms with Gasteiger partial charge in [-0.05, 0) is 33.6 Å². The highest BCUT2D eigenvalue weighted by Gasteiger charge is 2.21. The molecule has 0 aliphatic rings. The topological polar surface area (TPSA) is 90.3 Å². The number of aromatic nitrogens is 2. The lowest BCUT2D eigenvalue weighted by Crippen LogP contribution is -2.34. The highest BCUT2D eigenvalue weighted by atomic mass is 79.9. The van der Waals surface area contributed by atoms with E-state index in [1.165, 1.54) is 9.13 Å². The standard InChI is InChI=1S/C20H21BrN4O3/c1-23-16-10-14(15(21)11-17(16)24(2)20(23)28)19(27)25(9-8-18(22)26)12-13-6-4-3-5-7-13/h3-7,10-11H,8-9,12H2,1-2H3,(H2,22,26). The van der Waals surface area contributed by atoms with Gasteiger partial charge in [-0.15, -0.1) is 0 Å². The van der Waals surface area contributed by atoms with Crippen LogP contribution in [0.5, 0.6) is 0 Å². The van der Waals surface area contributed by atoms with Gasteiger partial charge in [0.2, 0.25) is 5.91 Å². The van der Waals surface area contributed by atoms with Crippen molar-refractivity contribution < 1.29 is 9.59 Å². The molecule has 2 aromatic carbocycles. The summed E-state index contributed by atoms with van der Waals surface area (Å²) < 4.78 is 3.62. The fourth-order valence-corrected chi connectivity index (χ4v) is 3.66. The molecule has 7 nitrogen and oxygen atoms in total. The van der Waals surface area contributed by atoms with Crippen molar-refractivity contribution in [3.8, 4) is 0 Å². The Morgan fingerprint density at radius 1 is 1.07 bits per heavy atom. The number of halogens is 1. The number of aryl methyl sites for hydroxylation is 2. The van der Waals surface area contributed by atoms with Crippen LogP contribution in [0.3, 0.4) is 0 Å². The normalized spacial score (nSPS) is 11.0. The lowest BCUT2D eigenvalue weighted by Gasteiger charge is -2.23. The summed E-state index contributed by atoms with van der Waals surface area (Å²) in [7, 11) is 3.36. The largest absolute Gasteiger partial charge is 0.370 e. The van der Waals surface area contributed by atoms with Gasteiger partial charge in [0, 0.05) is 38.1 Å². The number of imidazole rings is 1. The Morgan fingerprint density at radius 2 is 1.68 bits per heavy atom. The summed E-state index contributed by atoms with van der Waals surface area (Å²) in [6.45, 7) is 0.562. The number of rotatable bonds is 6. The van der Waals surface area contributed by atoms with Crippen molar-refractivity contribution in [3.05, 3.63) is 68.5 Å². The number of primary amides is 1. The van der Waals surface area contributed by atoms with Gasteiger partial charge in [0.25, 0.3) is 5.91 Å². The fourth-order valence-electron chi connectivity index (χ4n) is 3.16. The van der Waals surface area contributed by atoms with Crippen LogP contribution >= 0.6 is 15.9 Å². The first kappa shape index (κ1) is 19.9. The van der Waals surface area contributed by atoms with E-state index >= 15 is 0 Å². The highest BCUT2D eigenvalue weighted by molar-refractivity contribution is 9.10. The molecular formula is C20H21BrN4O3. The summed E-state index contributed by atoms with van der Waals surface area (Å²) in [5, 5.41) is 0. The molecular weight excluding hydrogens is 424 g/mol. The zero-order valence-electron chi connectivity index (χ0n) is 15.7. The number of nitrogens with two attached hydrogens (primary N) is 1. The first-order chi connectivity index (χ1) is 13.3. The van der Waals surface area contributed by atoms with Crippen molar-refractivity contribution in [2.75, 3.05) is 6.54 Å². The predicted octanol–water partition coefficient (Wildman–Crippen LogP) is 2.16. The molecule has 3 aromatic rings. The highest BCUT2D eigenvalue weighted by Crippen LogP contribution is 2.25. The summed E-state index contributed by atoms with van der Waals surface area (Å²) in [6, 6.07) is 13.0. The molecule has 2 N–H and O–H groups in total. The third-order valence-corrected chi connectivity index (χ3v) is 5.38. The van der Waals surface area contributed by atoms with E-state index in [0.717, 1.165) is 11.1 Å². The first-order valence-electron chi connectivity index (χ1n) is 8.76. The molecule has 28 heavy (non-hydrogen) atoms. The molecule has 0 radical (unpaired) electrons. The molecule has 0 unspecified atom stereocenters. The molecule has 2 amide bonds. The molecule has 0 spiro atoms. The molecule has 0 aliphatic carbocycles. The minimum Gasteiger partial charge on any atom is -0.370 e. The zero-order chi connectivity index (χ0) is 20.4. The fraction of sp³-hybridized carbons (Fsp3) is 0.250. The van der Waals surface area contributed by atoms with E-state index in [0.29, 0.717) is 22.1 Å². The number of hydrogen-bond acceptors (Lipinski definition) is 3. The van der Waals surface area contributed by atoms with E-state index in [1.807, 2.05) is 30.3 Å². The Balaban J connectivity index is 2.01. The zero-order valence-corrected chi connectivity index (χ0v) is 17.3. The number of nitrogens with zero attached hydrogens (tertiary/aromatic N) is 3. The van der Waals surface area contributed by atoms with E-state index in [2.05, 4.69) is 15.9 Å². The molecule has 1 aromatic heterocycles. The van der Waals surface area contributed by atoms with Crippen LogP contribution in [0.25, 0.3) is 11.0 Å². The van der Waals surface area contributed by atoms with Crippen LogP contribution in [0.4, 0.5) is 0 Å². The number of amides is 2. The van der Waals surface area contributed by atoms with E-state index in [9.17, 15) is 14.4 Å². The third kappa shape index (κ3) is 3.87. The minimum atomic E-state index is -0.467. The van der Waals surface area contributed by atoms with Gasteiger partial charge >= 0.3 is 5.69 Å². The number of hydrogen-bond donors (Lipinski definition) is 1. The summed E-state index contributed by atoms with van der Waals surface area (Å²) in [4.78, 5) is 38.3. The molecule has 1 heterocycles. The minimum absolute atomic E-state index is 0.0717. The Labute approximate surface area is 170 Å². The average molecular weight is 445 g/mol. The van der Waals surface area contributed by atoms with Gasteiger partial charge in [0.1, 0.15) is 0 Å². The second-order valence-corrected chi connectivity index (χ2v) is 7.50. The quantitative estimate of drug-likeness (QED) is 0.631. The second kappa shape index (κ2) is 8.02. The van der Waals surface area contributed by atoms with E-state index in [-0.39, 0.29) is 24.6 Å². The van der Waals surface area contributed by atoms with Gasteiger partial charge in [-0.3, -0.25) is 18.7 Å². The Morgan fingerprint density at radius 3 is 2.29 bits per heavy atom. The second-order valence-electron chi connectivity index (χ2n) is 6.65. The number of carbonyl (C=O) groups is 2. The molecule has 146 valence electrons. The lowest BCUT2D eigenvalue weighted by atomic mass is 10.1. The number of carbonyl (C=O) groups excluding carboxylic acids is 2. The Hall–Kier alpha value is -2.87. The van der Waals surface area contributed by atoms with Crippen molar-refractivity contribution >= 4 is 38.8 Å². The monoisotopic (exact) mass is 444 g/mol. The van der Waals surface area contributed by atoms with Gasteiger partial charge in [0.15, 0.2) is 0 Å². The van der Waals surface area contributed by atoms with Crippen LogP contribution < -0.4 is 11.4 Å². The maximum absolute atomic E-state index is 13.3. The van der Waals surface area contributed by atoms with Crippen LogP contribution in [0.2, 0.25) is 0 Å². The molecule has 0 aliphatic heterocycles. The Kier molecular flexibility index (Phi) is 5.69. The third-order valence-electron chi connectivity index (χ3n) is 4.72. The van der Waals surface area contributed by atoms with Gasteiger partial charge in [-0.2, -0.15) is 0 Å². The SMILES string of the molecule is Cn1c(=O)n(C)c2cc(C(=O)N(CCC(N)=O)Cc3ccccc3)c(Br)cc21. The Bertz CT molecular complexity index is 1100. The van der Waals surface area contributed by atoms with Crippen LogP contribution in [-0.2, 0) is 25.4 Å². The molecule has 8 heteroatoms. The predicted molar refractivity (Wildman–Crippen MR) is 111 cm³/mol. The van der Waals surface area contributed by atoms with Crippen molar-refractivity contribution in [2.24, 2.45) is 19.8 Å². The maximum atomic E-state index is 13.3. The maximum Gasteiger partial charge on any atom is 0.328 e. The molecule has 0 fully saturated rings. The average Bonchev–Trinajstić information content (AvgIpc) is 2.88. The van der Waals surface area contributed by atoms with E-state index < -0.39 is 5.91 Å². The van der Waals surface area contributed by atoms with Crippen LogP contribution in [-0.4, -0.2) is 32.4 Å². The lowest BCUT2D eigenvalue weighted by molar-refractivity contribution is -0.118. The van der Waals surface area contributed by atoms with Crippen molar-refractivity contribution in [1.82, 2.24) is 14.0 Å². The van der Waals surface area contributed by atoms with Crippen LogP contribution in [0.15, 0.2) is 51.7 Å². The molecule has 0 bridgehead atoms. The molecule has 0 saturated carbocycles. The van der Waals surface area contributed by atoms with Gasteiger partial charge in [-0.1, -0.05) is 30.3 Å². The first-order valence-corrected chi connectivity index (χ1v) is 9.55. The van der Waals surface area contributed by atoms with Crippen molar-refractivity contribution in [1.29, 1.82) is 0 Å². The molecule has 3 rings (SSSR count).